The minimum Gasteiger partial charge on any atom is -0.369 e. The molecule has 6 heteroatoms. The van der Waals surface area contributed by atoms with Gasteiger partial charge in [0.05, 0.1) is 18.4 Å². The van der Waals surface area contributed by atoms with E-state index in [0.717, 1.165) is 30.5 Å². The molecule has 1 aromatic carbocycles. The summed E-state index contributed by atoms with van der Waals surface area (Å²) in [6, 6.07) is 8.07. The average molecular weight is 356 g/mol. The fraction of sp³-hybridized carbons (Fsp3) is 0.550. The van der Waals surface area contributed by atoms with Crippen molar-refractivity contribution in [1.82, 2.24) is 9.80 Å². The van der Waals surface area contributed by atoms with Gasteiger partial charge in [0.25, 0.3) is 0 Å². The molecule has 2 atom stereocenters. The quantitative estimate of drug-likeness (QED) is 0.895. The van der Waals surface area contributed by atoms with Crippen molar-refractivity contribution in [1.29, 1.82) is 0 Å². The molecule has 26 heavy (non-hydrogen) atoms. The van der Waals surface area contributed by atoms with E-state index in [1.165, 1.54) is 4.90 Å². The number of rotatable bonds is 3. The minimum atomic E-state index is -0.532. The fourth-order valence-electron chi connectivity index (χ4n) is 3.98. The largest absolute Gasteiger partial charge is 0.369 e. The first-order chi connectivity index (χ1) is 12.3. The molecule has 2 amide bonds. The van der Waals surface area contributed by atoms with Gasteiger partial charge in [-0.1, -0.05) is 29.8 Å². The van der Waals surface area contributed by atoms with Crippen LogP contribution < -0.4 is 5.73 Å². The number of benzene rings is 1. The van der Waals surface area contributed by atoms with Gasteiger partial charge in [0.2, 0.25) is 11.8 Å². The van der Waals surface area contributed by atoms with Gasteiger partial charge in [0.15, 0.2) is 5.96 Å². The molecule has 140 valence electrons. The molecule has 1 fully saturated rings. The monoisotopic (exact) mass is 356 g/mol. The van der Waals surface area contributed by atoms with Gasteiger partial charge in [-0.05, 0) is 32.3 Å². The van der Waals surface area contributed by atoms with Gasteiger partial charge >= 0.3 is 0 Å². The van der Waals surface area contributed by atoms with Crippen molar-refractivity contribution in [2.75, 3.05) is 20.1 Å². The van der Waals surface area contributed by atoms with Crippen LogP contribution in [0.3, 0.4) is 0 Å². The molecule has 0 bridgehead atoms. The Morgan fingerprint density at radius 1 is 1.42 bits per heavy atom. The Hall–Kier alpha value is -2.37. The van der Waals surface area contributed by atoms with Crippen molar-refractivity contribution >= 4 is 17.8 Å². The predicted octanol–water partition coefficient (Wildman–Crippen LogP) is 1.71. The lowest BCUT2D eigenvalue weighted by Crippen LogP contribution is -2.55. The number of aryl methyl sites for hydroxylation is 1. The molecule has 1 aromatic rings. The molecule has 2 heterocycles. The van der Waals surface area contributed by atoms with Crippen LogP contribution >= 0.6 is 0 Å². The number of aliphatic imine (C=N–C) groups is 1. The summed E-state index contributed by atoms with van der Waals surface area (Å²) >= 11 is 0. The molecule has 2 aliphatic heterocycles. The van der Waals surface area contributed by atoms with Gasteiger partial charge in [0, 0.05) is 26.1 Å². The number of carbonyl (C=O) groups excluding carboxylic acids is 2. The third-order valence-electron chi connectivity index (χ3n) is 5.69. The Bertz CT molecular complexity index is 745. The number of piperidine rings is 1. The normalized spacial score (nSPS) is 26.7. The highest BCUT2D eigenvalue weighted by Crippen LogP contribution is 2.35. The maximum absolute atomic E-state index is 12.8. The lowest BCUT2D eigenvalue weighted by atomic mass is 9.77. The topological polar surface area (TPSA) is 79.0 Å². The van der Waals surface area contributed by atoms with Crippen molar-refractivity contribution < 1.29 is 9.59 Å². The summed E-state index contributed by atoms with van der Waals surface area (Å²) in [4.78, 5) is 33.0. The highest BCUT2D eigenvalue weighted by atomic mass is 16.2. The van der Waals surface area contributed by atoms with Crippen molar-refractivity contribution in [3.63, 3.8) is 0 Å². The molecule has 0 aliphatic carbocycles. The van der Waals surface area contributed by atoms with E-state index in [1.807, 2.05) is 36.9 Å². The summed E-state index contributed by atoms with van der Waals surface area (Å²) in [5.74, 6) is 0.546. The summed E-state index contributed by atoms with van der Waals surface area (Å²) in [6.07, 6.45) is 2.64. The van der Waals surface area contributed by atoms with Crippen molar-refractivity contribution in [3.05, 3.63) is 35.4 Å². The van der Waals surface area contributed by atoms with Crippen LogP contribution in [0.5, 0.6) is 0 Å². The number of guanidine groups is 1. The Morgan fingerprint density at radius 3 is 2.88 bits per heavy atom. The second-order valence-electron chi connectivity index (χ2n) is 7.80. The standard InChI is InChI=1S/C20H28N4O2/c1-14-6-4-7-15(10-14)11-17(25)24-9-5-8-16(13-24)20(2)12-18(26)23(3)19(21)22-20/h4,6-7,10,16H,5,8-9,11-13H2,1-3H3,(H2,21,22)/t16?,20-/m0/s1. The third kappa shape index (κ3) is 3.74. The molecule has 1 saturated heterocycles. The number of likely N-dealkylation sites (tertiary alicyclic amines) is 1. The van der Waals surface area contributed by atoms with Crippen LogP contribution in [0, 0.1) is 12.8 Å². The van der Waals surface area contributed by atoms with E-state index >= 15 is 0 Å². The Kier molecular flexibility index (Phi) is 5.03. The van der Waals surface area contributed by atoms with E-state index < -0.39 is 5.54 Å². The molecule has 0 aromatic heterocycles. The Morgan fingerprint density at radius 2 is 2.19 bits per heavy atom. The van der Waals surface area contributed by atoms with E-state index in [9.17, 15) is 9.59 Å². The van der Waals surface area contributed by atoms with E-state index in [0.29, 0.717) is 19.4 Å². The van der Waals surface area contributed by atoms with E-state index in [1.54, 1.807) is 7.05 Å². The van der Waals surface area contributed by atoms with Gasteiger partial charge in [0.1, 0.15) is 0 Å². The number of nitrogens with two attached hydrogens (primary N) is 1. The fourth-order valence-corrected chi connectivity index (χ4v) is 3.98. The van der Waals surface area contributed by atoms with Crippen LogP contribution in [0.25, 0.3) is 0 Å². The molecule has 2 aliphatic rings. The van der Waals surface area contributed by atoms with Gasteiger partial charge in [-0.2, -0.15) is 0 Å². The minimum absolute atomic E-state index is 0.0109. The number of carbonyl (C=O) groups is 2. The third-order valence-corrected chi connectivity index (χ3v) is 5.69. The second kappa shape index (κ2) is 7.09. The predicted molar refractivity (Wildman–Crippen MR) is 102 cm³/mol. The van der Waals surface area contributed by atoms with Gasteiger partial charge in [-0.3, -0.25) is 14.5 Å². The lowest BCUT2D eigenvalue weighted by molar-refractivity contribution is -0.133. The molecule has 0 saturated carbocycles. The Balaban J connectivity index is 1.71. The number of amides is 2. The van der Waals surface area contributed by atoms with Gasteiger partial charge in [-0.15, -0.1) is 0 Å². The summed E-state index contributed by atoms with van der Waals surface area (Å²) in [6.45, 7) is 5.43. The second-order valence-corrected chi connectivity index (χ2v) is 7.80. The van der Waals surface area contributed by atoms with E-state index in [4.69, 9.17) is 5.73 Å². The van der Waals surface area contributed by atoms with Crippen LogP contribution in [0.2, 0.25) is 0 Å². The molecule has 2 N–H and O–H groups in total. The van der Waals surface area contributed by atoms with Crippen LogP contribution in [0.15, 0.2) is 29.3 Å². The van der Waals surface area contributed by atoms with Gasteiger partial charge < -0.3 is 10.6 Å². The summed E-state index contributed by atoms with van der Waals surface area (Å²) in [5.41, 5.74) is 7.61. The van der Waals surface area contributed by atoms with E-state index in [-0.39, 0.29) is 23.7 Å². The van der Waals surface area contributed by atoms with Crippen molar-refractivity contribution in [3.8, 4) is 0 Å². The first kappa shape index (κ1) is 18.4. The first-order valence-electron chi connectivity index (χ1n) is 9.24. The van der Waals surface area contributed by atoms with Crippen molar-refractivity contribution in [2.24, 2.45) is 16.6 Å². The maximum atomic E-state index is 12.8. The first-order valence-corrected chi connectivity index (χ1v) is 9.24. The maximum Gasteiger partial charge on any atom is 0.231 e. The number of nitrogens with zero attached hydrogens (tertiary/aromatic N) is 3. The SMILES string of the molecule is Cc1cccc(CC(=O)N2CCCC([C@]3(C)CC(=O)N(C)C(N)=N3)C2)c1. The zero-order valence-corrected chi connectivity index (χ0v) is 15.9. The summed E-state index contributed by atoms with van der Waals surface area (Å²) < 4.78 is 0. The lowest BCUT2D eigenvalue weighted by Gasteiger charge is -2.43. The molecule has 0 spiro atoms. The highest BCUT2D eigenvalue weighted by molar-refractivity contribution is 5.98. The molecule has 0 radical (unpaired) electrons. The smallest absolute Gasteiger partial charge is 0.231 e. The summed E-state index contributed by atoms with van der Waals surface area (Å²) in [7, 11) is 1.65. The zero-order chi connectivity index (χ0) is 18.9. The molecule has 6 nitrogen and oxygen atoms in total. The zero-order valence-electron chi connectivity index (χ0n) is 15.9. The molecular weight excluding hydrogens is 328 g/mol. The summed E-state index contributed by atoms with van der Waals surface area (Å²) in [5, 5.41) is 0. The van der Waals surface area contributed by atoms with Crippen LogP contribution in [0.4, 0.5) is 0 Å². The molecule has 1 unspecified atom stereocenters. The molecular formula is C20H28N4O2. The average Bonchev–Trinajstić information content (AvgIpc) is 2.60. The molecule has 3 rings (SSSR count). The van der Waals surface area contributed by atoms with Crippen LogP contribution in [0.1, 0.15) is 37.3 Å². The van der Waals surface area contributed by atoms with Crippen LogP contribution in [-0.2, 0) is 16.0 Å². The van der Waals surface area contributed by atoms with Gasteiger partial charge in [-0.25, -0.2) is 4.99 Å². The number of hydrogen-bond donors (Lipinski definition) is 1. The Labute approximate surface area is 155 Å². The number of hydrogen-bond acceptors (Lipinski definition) is 4. The van der Waals surface area contributed by atoms with Crippen molar-refractivity contribution in [2.45, 2.75) is 45.1 Å². The van der Waals surface area contributed by atoms with E-state index in [2.05, 4.69) is 11.1 Å². The van der Waals surface area contributed by atoms with Crippen LogP contribution in [-0.4, -0.2) is 53.2 Å². The highest BCUT2D eigenvalue weighted by Gasteiger charge is 2.43.